The first-order valence-electron chi connectivity index (χ1n) is 13.6. The second-order valence-corrected chi connectivity index (χ2v) is 10.3. The first-order chi connectivity index (χ1) is 20.3. The number of carbonyl (C=O) groups excluding carboxylic acids is 3. The van der Waals surface area contributed by atoms with Crippen molar-refractivity contribution < 1.29 is 37.6 Å². The van der Waals surface area contributed by atoms with Gasteiger partial charge in [0.25, 0.3) is 5.91 Å². The monoisotopic (exact) mass is 581 g/mol. The minimum Gasteiger partial charge on any atom is -0.493 e. The number of hydrogen-bond donors (Lipinski definition) is 2. The van der Waals surface area contributed by atoms with Gasteiger partial charge in [-0.25, -0.2) is 9.02 Å². The highest BCUT2D eigenvalue weighted by molar-refractivity contribution is 5.80. The van der Waals surface area contributed by atoms with Crippen LogP contribution in [0.3, 0.4) is 0 Å². The van der Waals surface area contributed by atoms with Crippen molar-refractivity contribution in [3.63, 3.8) is 0 Å². The van der Waals surface area contributed by atoms with Gasteiger partial charge in [0.05, 0.1) is 19.6 Å². The van der Waals surface area contributed by atoms with Crippen molar-refractivity contribution >= 4 is 17.7 Å². The Balaban J connectivity index is 1.39. The summed E-state index contributed by atoms with van der Waals surface area (Å²) in [6.07, 6.45) is 0.421. The van der Waals surface area contributed by atoms with Crippen LogP contribution in [-0.4, -0.2) is 71.9 Å². The van der Waals surface area contributed by atoms with Crippen LogP contribution in [0.25, 0.3) is 0 Å². The molecule has 2 atom stereocenters. The molecule has 0 unspecified atom stereocenters. The average Bonchev–Trinajstić information content (AvgIpc) is 3.37. The summed E-state index contributed by atoms with van der Waals surface area (Å²) in [7, 11) is 1.50. The lowest BCUT2D eigenvalue weighted by Gasteiger charge is -2.39. The molecule has 1 aromatic heterocycles. The van der Waals surface area contributed by atoms with Gasteiger partial charge in [0, 0.05) is 38.5 Å². The lowest BCUT2D eigenvalue weighted by atomic mass is 10.0. The highest BCUT2D eigenvalue weighted by Gasteiger charge is 2.35. The molecule has 0 saturated carbocycles. The van der Waals surface area contributed by atoms with Crippen molar-refractivity contribution in [2.24, 2.45) is 0 Å². The van der Waals surface area contributed by atoms with E-state index in [1.165, 1.54) is 19.2 Å². The summed E-state index contributed by atoms with van der Waals surface area (Å²) in [6, 6.07) is 8.88. The molecule has 1 saturated heterocycles. The zero-order chi connectivity index (χ0) is 29.6. The van der Waals surface area contributed by atoms with Gasteiger partial charge in [-0.3, -0.25) is 14.4 Å². The predicted molar refractivity (Wildman–Crippen MR) is 145 cm³/mol. The van der Waals surface area contributed by atoms with E-state index < -0.39 is 23.9 Å². The minimum absolute atomic E-state index is 0.000251. The number of piperidine rings is 1. The molecule has 222 valence electrons. The molecular formula is C29H32FN5O7. The zero-order valence-corrected chi connectivity index (χ0v) is 23.4. The Hall–Kier alpha value is -4.68. The van der Waals surface area contributed by atoms with E-state index in [1.54, 1.807) is 30.0 Å². The molecule has 0 aliphatic carbocycles. The summed E-state index contributed by atoms with van der Waals surface area (Å²) in [6.45, 7) is 1.99. The highest BCUT2D eigenvalue weighted by atomic mass is 19.1. The molecule has 2 aliphatic rings. The maximum atomic E-state index is 14.5. The van der Waals surface area contributed by atoms with Gasteiger partial charge in [0.15, 0.2) is 18.1 Å². The van der Waals surface area contributed by atoms with Crippen molar-refractivity contribution in [2.45, 2.75) is 51.3 Å². The molecule has 3 heterocycles. The highest BCUT2D eigenvalue weighted by Crippen LogP contribution is 2.29. The van der Waals surface area contributed by atoms with Crippen LogP contribution in [0.5, 0.6) is 17.2 Å². The van der Waals surface area contributed by atoms with Gasteiger partial charge in [0.1, 0.15) is 29.1 Å². The number of carbonyl (C=O) groups is 3. The third-order valence-electron chi connectivity index (χ3n) is 7.25. The summed E-state index contributed by atoms with van der Waals surface area (Å²) in [5.41, 5.74) is 2.32. The predicted octanol–water partition coefficient (Wildman–Crippen LogP) is 1.87. The first kappa shape index (κ1) is 28.8. The number of benzene rings is 2. The van der Waals surface area contributed by atoms with Gasteiger partial charge < -0.3 is 29.7 Å². The molecule has 4 bridgehead atoms. The molecule has 0 spiro atoms. The number of aryl methyl sites for hydroxylation is 2. The number of likely N-dealkylation sites (tertiary alicyclic amines) is 1. The van der Waals surface area contributed by atoms with Crippen LogP contribution in [0.1, 0.15) is 35.4 Å². The van der Waals surface area contributed by atoms with Crippen LogP contribution in [0.15, 0.2) is 41.0 Å². The largest absolute Gasteiger partial charge is 0.493 e. The topological polar surface area (TPSA) is 145 Å². The van der Waals surface area contributed by atoms with E-state index in [9.17, 15) is 18.8 Å². The summed E-state index contributed by atoms with van der Waals surface area (Å²) in [5, 5.41) is 13.3. The second-order valence-electron chi connectivity index (χ2n) is 10.3. The van der Waals surface area contributed by atoms with Crippen LogP contribution in [-0.2, 0) is 33.8 Å². The van der Waals surface area contributed by atoms with Gasteiger partial charge >= 0.3 is 0 Å². The number of hydrogen-bond acceptors (Lipinski definition) is 9. The zero-order valence-electron chi connectivity index (χ0n) is 23.4. The molecule has 0 radical (unpaired) electrons. The second kappa shape index (κ2) is 12.9. The number of nitrogens with one attached hydrogen (secondary N) is 2. The molecule has 2 N–H and O–H groups in total. The van der Waals surface area contributed by atoms with Gasteiger partial charge in [0.2, 0.25) is 11.8 Å². The van der Waals surface area contributed by atoms with E-state index in [1.807, 2.05) is 6.07 Å². The maximum Gasteiger partial charge on any atom is 0.258 e. The summed E-state index contributed by atoms with van der Waals surface area (Å²) < 4.78 is 36.6. The molecule has 12 nitrogen and oxygen atoms in total. The smallest absolute Gasteiger partial charge is 0.258 e. The number of rotatable bonds is 3. The number of halogens is 1. The first-order valence-corrected chi connectivity index (χ1v) is 13.6. The van der Waals surface area contributed by atoms with Crippen LogP contribution >= 0.6 is 0 Å². The Morgan fingerprint density at radius 2 is 1.98 bits per heavy atom. The molecule has 5 rings (SSSR count). The van der Waals surface area contributed by atoms with Crippen LogP contribution in [0, 0.1) is 12.7 Å². The van der Waals surface area contributed by atoms with Crippen molar-refractivity contribution in [2.75, 3.05) is 26.8 Å². The molecular weight excluding hydrogens is 549 g/mol. The van der Waals surface area contributed by atoms with Gasteiger partial charge in [-0.15, -0.1) is 0 Å². The Morgan fingerprint density at radius 3 is 2.76 bits per heavy atom. The van der Waals surface area contributed by atoms with Crippen molar-refractivity contribution in [3.05, 3.63) is 64.7 Å². The maximum absolute atomic E-state index is 14.5. The lowest BCUT2D eigenvalue weighted by Crippen LogP contribution is -2.58. The molecule has 2 aliphatic heterocycles. The van der Waals surface area contributed by atoms with E-state index in [2.05, 4.69) is 20.9 Å². The van der Waals surface area contributed by atoms with E-state index >= 15 is 0 Å². The summed E-state index contributed by atoms with van der Waals surface area (Å²) in [5.74, 6) is -0.301. The van der Waals surface area contributed by atoms with Crippen LogP contribution < -0.4 is 24.8 Å². The lowest BCUT2D eigenvalue weighted by molar-refractivity contribution is -0.135. The molecule has 1 fully saturated rings. The number of ether oxygens (including phenoxy) is 3. The van der Waals surface area contributed by atoms with Gasteiger partial charge in [-0.2, -0.15) is 0 Å². The summed E-state index contributed by atoms with van der Waals surface area (Å²) in [4.78, 5) is 40.3. The number of fused-ring (bicyclic) bond motifs is 5. The molecule has 3 aromatic rings. The molecule has 13 heteroatoms. The quantitative estimate of drug-likeness (QED) is 0.474. The minimum atomic E-state index is -0.631. The fraction of sp³-hybridized carbons (Fsp3) is 0.414. The molecule has 42 heavy (non-hydrogen) atoms. The third-order valence-corrected chi connectivity index (χ3v) is 7.25. The van der Waals surface area contributed by atoms with E-state index in [4.69, 9.17) is 18.8 Å². The number of amides is 3. The standard InChI is InChI=1S/C29H32FN5O7/c1-17-22(34-42-33-17)13-29(38)35-8-7-24-23(15-35)32-28(37)16-40-26-11-18(3-5-25(26)39-2)4-6-27(36)31-14-19-9-20(30)12-21(10-19)41-24/h3,5,9-12,23-24H,4,6-8,13-16H2,1-2H3,(H,31,36)(H,32,37)/t23-,24-/m1/s1. The van der Waals surface area contributed by atoms with E-state index in [0.717, 1.165) is 5.56 Å². The fourth-order valence-electron chi connectivity index (χ4n) is 5.00. The number of methoxy groups -OCH3 is 1. The van der Waals surface area contributed by atoms with E-state index in [-0.39, 0.29) is 50.1 Å². The SMILES string of the molecule is COc1ccc2cc1OCC(=O)N[C@@H]1CN(C(=O)Cc3nonc3C)CC[C@H]1Oc1cc(F)cc(c1)CNC(=O)CC2. The van der Waals surface area contributed by atoms with E-state index in [0.29, 0.717) is 47.8 Å². The normalized spacial score (nSPS) is 19.6. The molecule has 2 aromatic carbocycles. The Labute approximate surface area is 241 Å². The molecule has 3 amide bonds. The van der Waals surface area contributed by atoms with Crippen molar-refractivity contribution in [1.29, 1.82) is 0 Å². The Kier molecular flexibility index (Phi) is 8.84. The fourth-order valence-corrected chi connectivity index (χ4v) is 5.00. The van der Waals surface area contributed by atoms with Gasteiger partial charge in [-0.1, -0.05) is 16.4 Å². The Morgan fingerprint density at radius 1 is 1.12 bits per heavy atom. The Bertz CT molecular complexity index is 1460. The summed E-state index contributed by atoms with van der Waals surface area (Å²) >= 11 is 0. The number of aromatic nitrogens is 2. The van der Waals surface area contributed by atoms with Crippen molar-refractivity contribution in [1.82, 2.24) is 25.8 Å². The third kappa shape index (κ3) is 7.14. The van der Waals surface area contributed by atoms with Crippen molar-refractivity contribution in [3.8, 4) is 17.2 Å². The number of nitrogens with zero attached hydrogens (tertiary/aromatic N) is 3. The van der Waals surface area contributed by atoms with Crippen LogP contribution in [0.4, 0.5) is 4.39 Å². The van der Waals surface area contributed by atoms with Crippen LogP contribution in [0.2, 0.25) is 0 Å². The van der Waals surface area contributed by atoms with Gasteiger partial charge in [-0.05, 0) is 48.7 Å². The average molecular weight is 582 g/mol.